The summed E-state index contributed by atoms with van der Waals surface area (Å²) >= 11 is 6.10. The van der Waals surface area contributed by atoms with E-state index in [0.717, 1.165) is 22.0 Å². The molecule has 0 radical (unpaired) electrons. The lowest BCUT2D eigenvalue weighted by Crippen LogP contribution is -2.26. The monoisotopic (exact) mass is 394 g/mol. The minimum Gasteiger partial charge on any atom is -0.478 e. The number of nitrogens with zero attached hydrogens (tertiary/aromatic N) is 2. The van der Waals surface area contributed by atoms with Gasteiger partial charge in [0.1, 0.15) is 11.3 Å². The highest BCUT2D eigenvalue weighted by molar-refractivity contribution is 6.31. The van der Waals surface area contributed by atoms with Crippen LogP contribution in [0.1, 0.15) is 24.2 Å². The Bertz CT molecular complexity index is 1210. The van der Waals surface area contributed by atoms with Crippen molar-refractivity contribution in [3.05, 3.63) is 59.1 Å². The summed E-state index contributed by atoms with van der Waals surface area (Å²) in [6.07, 6.45) is 0. The zero-order chi connectivity index (χ0) is 20.0. The van der Waals surface area contributed by atoms with Crippen LogP contribution in [-0.4, -0.2) is 29.1 Å². The van der Waals surface area contributed by atoms with Crippen LogP contribution in [0.4, 0.5) is 5.69 Å². The molecule has 1 N–H and O–H groups in total. The van der Waals surface area contributed by atoms with Crippen molar-refractivity contribution in [2.75, 3.05) is 11.9 Å². The van der Waals surface area contributed by atoms with Gasteiger partial charge in [0.15, 0.2) is 5.76 Å². The molecule has 0 saturated carbocycles. The first kappa shape index (κ1) is 18.3. The van der Waals surface area contributed by atoms with E-state index in [1.54, 1.807) is 24.3 Å². The summed E-state index contributed by atoms with van der Waals surface area (Å²) in [4.78, 5) is 18.2. The van der Waals surface area contributed by atoms with E-state index >= 15 is 0 Å². The second-order valence-corrected chi connectivity index (χ2v) is 7.50. The molecule has 5 nitrogen and oxygen atoms in total. The highest BCUT2D eigenvalue weighted by Crippen LogP contribution is 2.36. The number of aromatic nitrogens is 1. The van der Waals surface area contributed by atoms with Gasteiger partial charge in [-0.05, 0) is 62.4 Å². The maximum absolute atomic E-state index is 11.3. The predicted octanol–water partition coefficient (Wildman–Crippen LogP) is 5.84. The van der Waals surface area contributed by atoms with Crippen molar-refractivity contribution in [1.82, 2.24) is 4.98 Å². The fraction of sp³-hybridized carbons (Fsp3) is 0.182. The van der Waals surface area contributed by atoms with Crippen LogP contribution in [0.15, 0.2) is 52.9 Å². The number of furan rings is 1. The van der Waals surface area contributed by atoms with Gasteiger partial charge in [-0.3, -0.25) is 0 Å². The molecule has 2 aromatic heterocycles. The Balaban J connectivity index is 1.97. The van der Waals surface area contributed by atoms with Gasteiger partial charge in [-0.25, -0.2) is 9.78 Å². The number of pyridine rings is 1. The lowest BCUT2D eigenvalue weighted by atomic mass is 10.1. The normalized spacial score (nSPS) is 11.5. The molecule has 0 aliphatic carbocycles. The number of rotatable bonds is 4. The van der Waals surface area contributed by atoms with E-state index in [2.05, 4.69) is 18.7 Å². The molecule has 28 heavy (non-hydrogen) atoms. The van der Waals surface area contributed by atoms with Gasteiger partial charge in [0.05, 0.1) is 16.8 Å². The average molecular weight is 395 g/mol. The van der Waals surface area contributed by atoms with E-state index in [1.165, 1.54) is 0 Å². The number of carboxylic acid groups (broad SMARTS) is 1. The molecule has 0 spiro atoms. The fourth-order valence-corrected chi connectivity index (χ4v) is 3.34. The lowest BCUT2D eigenvalue weighted by Gasteiger charge is -2.25. The fourth-order valence-electron chi connectivity index (χ4n) is 3.16. The summed E-state index contributed by atoms with van der Waals surface area (Å²) in [5.41, 5.74) is 3.26. The number of carbonyl (C=O) groups is 1. The number of benzene rings is 2. The third-order valence-electron chi connectivity index (χ3n) is 4.91. The second kappa shape index (κ2) is 6.84. The van der Waals surface area contributed by atoms with Crippen molar-refractivity contribution in [2.24, 2.45) is 0 Å². The summed E-state index contributed by atoms with van der Waals surface area (Å²) in [5, 5.41) is 11.6. The second-order valence-electron chi connectivity index (χ2n) is 7.07. The summed E-state index contributed by atoms with van der Waals surface area (Å²) in [5.74, 6) is -0.317. The minimum atomic E-state index is -0.959. The summed E-state index contributed by atoms with van der Waals surface area (Å²) in [6.45, 7) is 4.17. The molecule has 2 heterocycles. The van der Waals surface area contributed by atoms with Crippen LogP contribution >= 0.6 is 11.6 Å². The molecule has 0 bridgehead atoms. The summed E-state index contributed by atoms with van der Waals surface area (Å²) in [6, 6.07) is 14.5. The van der Waals surface area contributed by atoms with Gasteiger partial charge in [0.25, 0.3) is 0 Å². The largest absolute Gasteiger partial charge is 0.478 e. The molecule has 0 aliphatic rings. The van der Waals surface area contributed by atoms with Crippen LogP contribution in [0.25, 0.3) is 33.3 Å². The van der Waals surface area contributed by atoms with E-state index < -0.39 is 5.97 Å². The zero-order valence-corrected chi connectivity index (χ0v) is 16.5. The Morgan fingerprint density at radius 2 is 1.89 bits per heavy atom. The van der Waals surface area contributed by atoms with Crippen molar-refractivity contribution in [1.29, 1.82) is 0 Å². The molecule has 0 atom stereocenters. The minimum absolute atomic E-state index is 0.222. The molecule has 0 amide bonds. The highest BCUT2D eigenvalue weighted by atomic mass is 35.5. The van der Waals surface area contributed by atoms with Crippen LogP contribution < -0.4 is 4.90 Å². The molecular weight excluding hydrogens is 376 g/mol. The lowest BCUT2D eigenvalue weighted by molar-refractivity contribution is 0.0697. The summed E-state index contributed by atoms with van der Waals surface area (Å²) < 4.78 is 6.05. The van der Waals surface area contributed by atoms with Crippen LogP contribution in [0.2, 0.25) is 5.02 Å². The Morgan fingerprint density at radius 1 is 1.11 bits per heavy atom. The van der Waals surface area contributed by atoms with Gasteiger partial charge in [-0.15, -0.1) is 0 Å². The number of carboxylic acids is 1. The van der Waals surface area contributed by atoms with Gasteiger partial charge >= 0.3 is 5.97 Å². The number of anilines is 1. The molecule has 0 aliphatic heterocycles. The summed E-state index contributed by atoms with van der Waals surface area (Å²) in [7, 11) is 1.98. The van der Waals surface area contributed by atoms with E-state index in [-0.39, 0.29) is 11.6 Å². The van der Waals surface area contributed by atoms with E-state index in [0.29, 0.717) is 22.0 Å². The Hall–Kier alpha value is -3.05. The molecule has 0 unspecified atom stereocenters. The molecule has 6 heteroatoms. The van der Waals surface area contributed by atoms with Crippen molar-refractivity contribution in [3.8, 4) is 11.5 Å². The maximum atomic E-state index is 11.3. The quantitative estimate of drug-likeness (QED) is 0.470. The van der Waals surface area contributed by atoms with Gasteiger partial charge in [-0.2, -0.15) is 0 Å². The molecule has 4 rings (SSSR count). The standard InChI is InChI=1S/C22H19ClN2O3/c1-12(2)25(3)18-10-14-8-13(22(26)27)4-6-17(14)24-21(18)20-11-15-9-16(23)5-7-19(15)28-20/h4-12H,1-3H3,(H,26,27). The highest BCUT2D eigenvalue weighted by Gasteiger charge is 2.19. The first-order valence-electron chi connectivity index (χ1n) is 8.94. The first-order chi connectivity index (χ1) is 13.3. The van der Waals surface area contributed by atoms with E-state index in [4.69, 9.17) is 21.0 Å². The predicted molar refractivity (Wildman–Crippen MR) is 112 cm³/mol. The van der Waals surface area contributed by atoms with Crippen molar-refractivity contribution in [3.63, 3.8) is 0 Å². The van der Waals surface area contributed by atoms with Crippen molar-refractivity contribution < 1.29 is 14.3 Å². The maximum Gasteiger partial charge on any atom is 0.335 e. The molecule has 142 valence electrons. The molecular formula is C22H19ClN2O3. The molecule has 4 aromatic rings. The first-order valence-corrected chi connectivity index (χ1v) is 9.31. The van der Waals surface area contributed by atoms with Crippen LogP contribution in [0, 0.1) is 0 Å². The third kappa shape index (κ3) is 3.18. The van der Waals surface area contributed by atoms with Crippen LogP contribution in [0.5, 0.6) is 0 Å². The topological polar surface area (TPSA) is 66.6 Å². The van der Waals surface area contributed by atoms with Gasteiger partial charge in [-0.1, -0.05) is 11.6 Å². The van der Waals surface area contributed by atoms with E-state index in [9.17, 15) is 9.90 Å². The Morgan fingerprint density at radius 3 is 2.61 bits per heavy atom. The van der Waals surface area contributed by atoms with Crippen LogP contribution in [0.3, 0.4) is 0 Å². The van der Waals surface area contributed by atoms with Crippen molar-refractivity contribution in [2.45, 2.75) is 19.9 Å². The molecule has 2 aromatic carbocycles. The Kier molecular flexibility index (Phi) is 4.47. The third-order valence-corrected chi connectivity index (χ3v) is 5.14. The number of aromatic carboxylic acids is 1. The smallest absolute Gasteiger partial charge is 0.335 e. The SMILES string of the molecule is CC(C)N(C)c1cc2cc(C(=O)O)ccc2nc1-c1cc2cc(Cl)ccc2o1. The van der Waals surface area contributed by atoms with E-state index in [1.807, 2.05) is 31.3 Å². The van der Waals surface area contributed by atoms with Crippen molar-refractivity contribution >= 4 is 45.1 Å². The van der Waals surface area contributed by atoms with Gasteiger partial charge in [0, 0.05) is 28.9 Å². The molecule has 0 saturated heterocycles. The van der Waals surface area contributed by atoms with Crippen LogP contribution in [-0.2, 0) is 0 Å². The average Bonchev–Trinajstić information content (AvgIpc) is 3.08. The number of halogens is 1. The van der Waals surface area contributed by atoms with Gasteiger partial charge < -0.3 is 14.4 Å². The number of hydrogen-bond donors (Lipinski definition) is 1. The number of fused-ring (bicyclic) bond motifs is 2. The zero-order valence-electron chi connectivity index (χ0n) is 15.7. The molecule has 0 fully saturated rings. The Labute approximate surface area is 167 Å². The number of hydrogen-bond acceptors (Lipinski definition) is 4. The van der Waals surface area contributed by atoms with Gasteiger partial charge in [0.2, 0.25) is 0 Å².